The maximum Gasteiger partial charge on any atom is 0.153 e. The third-order valence-electron chi connectivity index (χ3n) is 2.41. The molecule has 0 unspecified atom stereocenters. The van der Waals surface area contributed by atoms with E-state index in [1.165, 1.54) is 0 Å². The van der Waals surface area contributed by atoms with Crippen LogP contribution in [0.4, 0.5) is 0 Å². The summed E-state index contributed by atoms with van der Waals surface area (Å²) in [6.45, 7) is 1.92. The van der Waals surface area contributed by atoms with Crippen LogP contribution in [-0.4, -0.2) is 62.0 Å². The maximum atomic E-state index is 8.42. The minimum atomic E-state index is 0.0616. The van der Waals surface area contributed by atoms with Crippen molar-refractivity contribution in [2.75, 3.05) is 33.9 Å². The van der Waals surface area contributed by atoms with Gasteiger partial charge in [0, 0.05) is 27.3 Å². The molecule has 0 amide bonds. The zero-order chi connectivity index (χ0) is 10.6. The van der Waals surface area contributed by atoms with E-state index in [1.54, 1.807) is 14.2 Å². The van der Waals surface area contributed by atoms with Gasteiger partial charge < -0.3 is 20.4 Å². The predicted octanol–water partition coefficient (Wildman–Crippen LogP) is -0.922. The summed E-state index contributed by atoms with van der Waals surface area (Å²) in [6.07, 6.45) is 0.123. The van der Waals surface area contributed by atoms with Gasteiger partial charge in [0.05, 0.1) is 18.8 Å². The Morgan fingerprint density at radius 1 is 1.43 bits per heavy atom. The highest BCUT2D eigenvalue weighted by Crippen LogP contribution is 2.14. The largest absolute Gasteiger partial charge is 0.409 e. The summed E-state index contributed by atoms with van der Waals surface area (Å²) in [4.78, 5) is 2.03. The average molecular weight is 203 g/mol. The number of ether oxygens (including phenoxy) is 2. The summed E-state index contributed by atoms with van der Waals surface area (Å²) in [5.41, 5.74) is 5.40. The minimum Gasteiger partial charge on any atom is -0.409 e. The molecular weight excluding hydrogens is 186 g/mol. The van der Waals surface area contributed by atoms with E-state index in [9.17, 15) is 0 Å². The Bertz CT molecular complexity index is 198. The van der Waals surface area contributed by atoms with Crippen molar-refractivity contribution in [2.24, 2.45) is 10.9 Å². The molecule has 1 heterocycles. The third-order valence-corrected chi connectivity index (χ3v) is 2.41. The molecule has 0 aliphatic carbocycles. The summed E-state index contributed by atoms with van der Waals surface area (Å²) in [6, 6.07) is 0. The van der Waals surface area contributed by atoms with Gasteiger partial charge >= 0.3 is 0 Å². The molecule has 0 aromatic heterocycles. The smallest absolute Gasteiger partial charge is 0.153 e. The van der Waals surface area contributed by atoms with Gasteiger partial charge in [-0.05, 0) is 0 Å². The Hall–Kier alpha value is -0.850. The first-order valence-corrected chi connectivity index (χ1v) is 4.45. The second-order valence-electron chi connectivity index (χ2n) is 3.33. The normalized spacial score (nSPS) is 29.7. The topological polar surface area (TPSA) is 80.3 Å². The first-order chi connectivity index (χ1) is 6.71. The van der Waals surface area contributed by atoms with Crippen LogP contribution in [0.5, 0.6) is 0 Å². The molecule has 2 atom stereocenters. The molecule has 6 heteroatoms. The first-order valence-electron chi connectivity index (χ1n) is 4.45. The van der Waals surface area contributed by atoms with Gasteiger partial charge in [-0.3, -0.25) is 4.90 Å². The van der Waals surface area contributed by atoms with Crippen LogP contribution in [0.25, 0.3) is 0 Å². The van der Waals surface area contributed by atoms with Crippen molar-refractivity contribution in [3.63, 3.8) is 0 Å². The highest BCUT2D eigenvalue weighted by Gasteiger charge is 2.32. The van der Waals surface area contributed by atoms with Gasteiger partial charge in [-0.25, -0.2) is 0 Å². The molecule has 0 aromatic rings. The van der Waals surface area contributed by atoms with Crippen molar-refractivity contribution in [2.45, 2.75) is 12.2 Å². The lowest BCUT2D eigenvalue weighted by Gasteiger charge is -2.13. The fraction of sp³-hybridized carbons (Fsp3) is 0.875. The van der Waals surface area contributed by atoms with E-state index in [0.717, 1.165) is 13.1 Å². The highest BCUT2D eigenvalue weighted by molar-refractivity contribution is 5.81. The molecule has 0 radical (unpaired) electrons. The Morgan fingerprint density at radius 2 is 1.93 bits per heavy atom. The molecule has 1 rings (SSSR count). The Kier molecular flexibility index (Phi) is 4.12. The number of hydrogen-bond acceptors (Lipinski definition) is 5. The van der Waals surface area contributed by atoms with Crippen LogP contribution in [0.3, 0.4) is 0 Å². The average Bonchev–Trinajstić information content (AvgIpc) is 2.59. The molecule has 1 aliphatic rings. The number of likely N-dealkylation sites (tertiary alicyclic amines) is 1. The summed E-state index contributed by atoms with van der Waals surface area (Å²) in [5.74, 6) is 0.205. The fourth-order valence-electron chi connectivity index (χ4n) is 1.66. The lowest BCUT2D eigenvalue weighted by Crippen LogP contribution is -2.33. The van der Waals surface area contributed by atoms with Crippen LogP contribution < -0.4 is 5.73 Å². The standard InChI is InChI=1S/C8H17N3O3/c1-13-6-3-11(4-7(6)14-2)5-8(9)10-12/h6-7,12H,3-5H2,1-2H3,(H2,9,10)/t6-,7+. The summed E-state index contributed by atoms with van der Waals surface area (Å²) in [7, 11) is 3.31. The molecule has 3 N–H and O–H groups in total. The number of rotatable bonds is 4. The first kappa shape index (κ1) is 11.2. The number of amidine groups is 1. The van der Waals surface area contributed by atoms with Crippen molar-refractivity contribution in [1.29, 1.82) is 0 Å². The van der Waals surface area contributed by atoms with Gasteiger partial charge in [-0.1, -0.05) is 5.16 Å². The molecule has 82 valence electrons. The predicted molar refractivity (Wildman–Crippen MR) is 51.4 cm³/mol. The van der Waals surface area contributed by atoms with Crippen molar-refractivity contribution in [3.8, 4) is 0 Å². The molecule has 6 nitrogen and oxygen atoms in total. The Morgan fingerprint density at radius 3 is 2.29 bits per heavy atom. The quantitative estimate of drug-likeness (QED) is 0.267. The van der Waals surface area contributed by atoms with Gasteiger partial charge in [0.15, 0.2) is 5.84 Å². The van der Waals surface area contributed by atoms with Crippen molar-refractivity contribution >= 4 is 5.84 Å². The van der Waals surface area contributed by atoms with Crippen LogP contribution in [0.2, 0.25) is 0 Å². The van der Waals surface area contributed by atoms with Gasteiger partial charge in [0.1, 0.15) is 0 Å². The number of nitrogens with zero attached hydrogens (tertiary/aromatic N) is 2. The Balaban J connectivity index is 2.45. The molecule has 0 saturated carbocycles. The zero-order valence-electron chi connectivity index (χ0n) is 8.51. The molecule has 0 spiro atoms. The molecule has 0 aromatic carbocycles. The van der Waals surface area contributed by atoms with Crippen molar-refractivity contribution < 1.29 is 14.7 Å². The van der Waals surface area contributed by atoms with E-state index in [0.29, 0.717) is 6.54 Å². The number of nitrogens with two attached hydrogens (primary N) is 1. The second-order valence-corrected chi connectivity index (χ2v) is 3.33. The van der Waals surface area contributed by atoms with Crippen LogP contribution in [-0.2, 0) is 9.47 Å². The van der Waals surface area contributed by atoms with Crippen LogP contribution >= 0.6 is 0 Å². The lowest BCUT2D eigenvalue weighted by molar-refractivity contribution is -0.00461. The SMILES string of the molecule is CO[C@H]1CN(C/C(N)=N\O)C[C@H]1OC. The van der Waals surface area contributed by atoms with E-state index in [4.69, 9.17) is 20.4 Å². The molecule has 1 aliphatic heterocycles. The van der Waals surface area contributed by atoms with E-state index < -0.39 is 0 Å². The van der Waals surface area contributed by atoms with Gasteiger partial charge in [0.2, 0.25) is 0 Å². The van der Waals surface area contributed by atoms with Crippen molar-refractivity contribution in [3.05, 3.63) is 0 Å². The zero-order valence-corrected chi connectivity index (χ0v) is 8.51. The number of hydrogen-bond donors (Lipinski definition) is 2. The molecule has 1 saturated heterocycles. The molecule has 14 heavy (non-hydrogen) atoms. The maximum absolute atomic E-state index is 8.42. The monoisotopic (exact) mass is 203 g/mol. The van der Waals surface area contributed by atoms with Crippen molar-refractivity contribution in [1.82, 2.24) is 4.90 Å². The molecule has 1 fully saturated rings. The lowest BCUT2D eigenvalue weighted by atomic mass is 10.3. The van der Waals surface area contributed by atoms with Gasteiger partial charge in [-0.2, -0.15) is 0 Å². The summed E-state index contributed by atoms with van der Waals surface area (Å²) >= 11 is 0. The van der Waals surface area contributed by atoms with Gasteiger partial charge in [0.25, 0.3) is 0 Å². The van der Waals surface area contributed by atoms with E-state index in [2.05, 4.69) is 5.16 Å². The summed E-state index contributed by atoms with van der Waals surface area (Å²) in [5, 5.41) is 11.3. The second kappa shape index (κ2) is 5.14. The van der Waals surface area contributed by atoms with E-state index >= 15 is 0 Å². The number of oxime groups is 1. The van der Waals surface area contributed by atoms with E-state index in [1.807, 2.05) is 4.90 Å². The Labute approximate surface area is 83.3 Å². The van der Waals surface area contributed by atoms with E-state index in [-0.39, 0.29) is 18.0 Å². The third kappa shape index (κ3) is 2.57. The van der Waals surface area contributed by atoms with Crippen LogP contribution in [0.15, 0.2) is 5.16 Å². The molecular formula is C8H17N3O3. The number of methoxy groups -OCH3 is 2. The van der Waals surface area contributed by atoms with Gasteiger partial charge in [-0.15, -0.1) is 0 Å². The van der Waals surface area contributed by atoms with Crippen LogP contribution in [0, 0.1) is 0 Å². The highest BCUT2D eigenvalue weighted by atomic mass is 16.5. The fourth-order valence-corrected chi connectivity index (χ4v) is 1.66. The van der Waals surface area contributed by atoms with Crippen LogP contribution in [0.1, 0.15) is 0 Å². The molecule has 0 bridgehead atoms. The minimum absolute atomic E-state index is 0.0616. The summed E-state index contributed by atoms with van der Waals surface area (Å²) < 4.78 is 10.5.